The first-order valence-corrected chi connectivity index (χ1v) is 9.26. The summed E-state index contributed by atoms with van der Waals surface area (Å²) < 4.78 is 16.1. The Balaban J connectivity index is 1.97. The van der Waals surface area contributed by atoms with Gasteiger partial charge in [0.1, 0.15) is 6.61 Å². The second kappa shape index (κ2) is 10.6. The van der Waals surface area contributed by atoms with E-state index < -0.39 is 5.97 Å². The van der Waals surface area contributed by atoms with Gasteiger partial charge in [0.15, 0.2) is 18.1 Å². The van der Waals surface area contributed by atoms with Crippen molar-refractivity contribution in [2.45, 2.75) is 20.5 Å². The molecule has 150 valence electrons. The quantitative estimate of drug-likeness (QED) is 0.641. The van der Waals surface area contributed by atoms with Gasteiger partial charge in [0.05, 0.1) is 12.7 Å². The number of carbonyl (C=O) groups excluding carboxylic acids is 2. The summed E-state index contributed by atoms with van der Waals surface area (Å²) in [5.41, 5.74) is 1.10. The van der Waals surface area contributed by atoms with Crippen LogP contribution in [-0.2, 0) is 16.1 Å². The van der Waals surface area contributed by atoms with E-state index in [1.807, 2.05) is 32.0 Å². The minimum Gasteiger partial charge on any atom is -0.493 e. The number of hydrogen-bond acceptors (Lipinski definition) is 5. The normalized spacial score (nSPS) is 10.5. The lowest BCUT2D eigenvalue weighted by Crippen LogP contribution is -2.31. The predicted octanol–water partition coefficient (Wildman–Crippen LogP) is 3.86. The van der Waals surface area contributed by atoms with Crippen molar-refractivity contribution in [2.24, 2.45) is 5.92 Å². The fourth-order valence-electron chi connectivity index (χ4n) is 2.27. The van der Waals surface area contributed by atoms with Crippen molar-refractivity contribution in [3.8, 4) is 11.5 Å². The SMILES string of the molecule is COc1cc(C(=O)OCC(=O)NCC(C)C)ccc1OCc1ccccc1Cl. The lowest BCUT2D eigenvalue weighted by Gasteiger charge is -2.13. The summed E-state index contributed by atoms with van der Waals surface area (Å²) in [5.74, 6) is 0.214. The first-order chi connectivity index (χ1) is 13.4. The summed E-state index contributed by atoms with van der Waals surface area (Å²) in [6.07, 6.45) is 0. The van der Waals surface area contributed by atoms with Crippen LogP contribution in [0, 0.1) is 5.92 Å². The Labute approximate surface area is 169 Å². The number of rotatable bonds is 9. The van der Waals surface area contributed by atoms with Gasteiger partial charge in [-0.05, 0) is 30.2 Å². The molecule has 6 nitrogen and oxygen atoms in total. The number of carbonyl (C=O) groups is 2. The second-order valence-electron chi connectivity index (χ2n) is 6.52. The molecule has 2 aromatic carbocycles. The number of methoxy groups -OCH3 is 1. The summed E-state index contributed by atoms with van der Waals surface area (Å²) >= 11 is 6.13. The van der Waals surface area contributed by atoms with Gasteiger partial charge in [0.2, 0.25) is 0 Å². The van der Waals surface area contributed by atoms with Crippen LogP contribution >= 0.6 is 11.6 Å². The van der Waals surface area contributed by atoms with E-state index in [0.717, 1.165) is 5.56 Å². The maximum atomic E-state index is 12.2. The molecule has 1 amide bonds. The van der Waals surface area contributed by atoms with Crippen LogP contribution in [-0.4, -0.2) is 32.1 Å². The fraction of sp³-hybridized carbons (Fsp3) is 0.333. The summed E-state index contributed by atoms with van der Waals surface area (Å²) in [6, 6.07) is 12.0. The molecule has 0 saturated carbocycles. The monoisotopic (exact) mass is 405 g/mol. The van der Waals surface area contributed by atoms with Crippen molar-refractivity contribution in [3.05, 3.63) is 58.6 Å². The molecule has 2 aromatic rings. The van der Waals surface area contributed by atoms with Gasteiger partial charge >= 0.3 is 5.97 Å². The number of amides is 1. The molecule has 0 atom stereocenters. The largest absolute Gasteiger partial charge is 0.493 e. The van der Waals surface area contributed by atoms with Crippen molar-refractivity contribution in [1.29, 1.82) is 0 Å². The third-order valence-electron chi connectivity index (χ3n) is 3.78. The third kappa shape index (κ3) is 6.46. The van der Waals surface area contributed by atoms with Gasteiger partial charge in [-0.15, -0.1) is 0 Å². The van der Waals surface area contributed by atoms with E-state index in [4.69, 9.17) is 25.8 Å². The van der Waals surface area contributed by atoms with Crippen LogP contribution < -0.4 is 14.8 Å². The number of benzene rings is 2. The standard InChI is InChI=1S/C21H24ClNO5/c1-14(2)11-23-20(24)13-28-21(25)15-8-9-18(19(10-15)26-3)27-12-16-6-4-5-7-17(16)22/h4-10,14H,11-13H2,1-3H3,(H,23,24). The Bertz CT molecular complexity index is 822. The van der Waals surface area contributed by atoms with E-state index in [1.165, 1.54) is 13.2 Å². The molecule has 2 rings (SSSR count). The topological polar surface area (TPSA) is 73.9 Å². The zero-order valence-corrected chi connectivity index (χ0v) is 16.9. The van der Waals surface area contributed by atoms with E-state index in [9.17, 15) is 9.59 Å². The Kier molecular flexibility index (Phi) is 8.14. The molecule has 0 unspecified atom stereocenters. The highest BCUT2D eigenvalue weighted by molar-refractivity contribution is 6.31. The summed E-state index contributed by atoms with van der Waals surface area (Å²) in [5, 5.41) is 3.29. The minimum atomic E-state index is -0.615. The molecule has 0 aromatic heterocycles. The number of halogens is 1. The molecule has 0 radical (unpaired) electrons. The van der Waals surface area contributed by atoms with Crippen LogP contribution in [0.2, 0.25) is 5.02 Å². The minimum absolute atomic E-state index is 0.260. The highest BCUT2D eigenvalue weighted by Gasteiger charge is 2.14. The van der Waals surface area contributed by atoms with Gasteiger partial charge < -0.3 is 19.5 Å². The van der Waals surface area contributed by atoms with Crippen LogP contribution in [0.25, 0.3) is 0 Å². The molecular formula is C21H24ClNO5. The number of nitrogens with one attached hydrogen (secondary N) is 1. The van der Waals surface area contributed by atoms with Gasteiger partial charge in [0.25, 0.3) is 5.91 Å². The maximum Gasteiger partial charge on any atom is 0.338 e. The molecule has 0 spiro atoms. The maximum absolute atomic E-state index is 12.2. The predicted molar refractivity (Wildman–Crippen MR) is 107 cm³/mol. The molecule has 0 aliphatic heterocycles. The number of esters is 1. The Hall–Kier alpha value is -2.73. The Morgan fingerprint density at radius 2 is 1.86 bits per heavy atom. The summed E-state index contributed by atoms with van der Waals surface area (Å²) in [4.78, 5) is 23.8. The number of hydrogen-bond donors (Lipinski definition) is 1. The van der Waals surface area contributed by atoms with Gasteiger partial charge in [-0.3, -0.25) is 4.79 Å². The van der Waals surface area contributed by atoms with Crippen molar-refractivity contribution in [2.75, 3.05) is 20.3 Å². The van der Waals surface area contributed by atoms with E-state index in [0.29, 0.717) is 29.0 Å². The fourth-order valence-corrected chi connectivity index (χ4v) is 2.46. The van der Waals surface area contributed by atoms with Gasteiger partial charge in [0, 0.05) is 17.1 Å². The Morgan fingerprint density at radius 3 is 2.54 bits per heavy atom. The van der Waals surface area contributed by atoms with Crippen molar-refractivity contribution in [3.63, 3.8) is 0 Å². The second-order valence-corrected chi connectivity index (χ2v) is 6.93. The van der Waals surface area contributed by atoms with Crippen LogP contribution in [0.4, 0.5) is 0 Å². The van der Waals surface area contributed by atoms with Gasteiger partial charge in [-0.25, -0.2) is 4.79 Å². The molecule has 0 saturated heterocycles. The number of ether oxygens (including phenoxy) is 3. The molecule has 1 N–H and O–H groups in total. The van der Waals surface area contributed by atoms with Crippen LogP contribution in [0.5, 0.6) is 11.5 Å². The van der Waals surface area contributed by atoms with Crippen molar-refractivity contribution in [1.82, 2.24) is 5.32 Å². The van der Waals surface area contributed by atoms with Crippen LogP contribution in [0.15, 0.2) is 42.5 Å². The molecule has 0 aliphatic carbocycles. The van der Waals surface area contributed by atoms with Crippen LogP contribution in [0.3, 0.4) is 0 Å². The van der Waals surface area contributed by atoms with E-state index >= 15 is 0 Å². The molecule has 28 heavy (non-hydrogen) atoms. The average Bonchev–Trinajstić information content (AvgIpc) is 2.69. The highest BCUT2D eigenvalue weighted by Crippen LogP contribution is 2.29. The molecule has 0 heterocycles. The van der Waals surface area contributed by atoms with Crippen LogP contribution in [0.1, 0.15) is 29.8 Å². The van der Waals surface area contributed by atoms with E-state index in [2.05, 4.69) is 5.32 Å². The average molecular weight is 406 g/mol. The van der Waals surface area contributed by atoms with Crippen molar-refractivity contribution >= 4 is 23.5 Å². The zero-order valence-electron chi connectivity index (χ0n) is 16.2. The van der Waals surface area contributed by atoms with E-state index in [1.54, 1.807) is 18.2 Å². The lowest BCUT2D eigenvalue weighted by atomic mass is 10.2. The first-order valence-electron chi connectivity index (χ1n) is 8.88. The molecule has 0 bridgehead atoms. The summed E-state index contributed by atoms with van der Waals surface area (Å²) in [7, 11) is 1.48. The van der Waals surface area contributed by atoms with Gasteiger partial charge in [-0.2, -0.15) is 0 Å². The zero-order chi connectivity index (χ0) is 20.5. The lowest BCUT2D eigenvalue weighted by molar-refractivity contribution is -0.124. The molecule has 0 aliphatic rings. The molecular weight excluding hydrogens is 382 g/mol. The van der Waals surface area contributed by atoms with Crippen molar-refractivity contribution < 1.29 is 23.8 Å². The third-order valence-corrected chi connectivity index (χ3v) is 4.15. The Morgan fingerprint density at radius 1 is 1.11 bits per heavy atom. The van der Waals surface area contributed by atoms with E-state index in [-0.39, 0.29) is 24.7 Å². The smallest absolute Gasteiger partial charge is 0.338 e. The first kappa shape index (κ1) is 21.6. The molecule has 0 fully saturated rings. The van der Waals surface area contributed by atoms with Gasteiger partial charge in [-0.1, -0.05) is 43.6 Å². The summed E-state index contributed by atoms with van der Waals surface area (Å²) in [6.45, 7) is 4.41. The highest BCUT2D eigenvalue weighted by atomic mass is 35.5. The molecule has 7 heteroatoms.